The monoisotopic (exact) mass is 583 g/mol. The van der Waals surface area contributed by atoms with Crippen LogP contribution >= 0.6 is 11.3 Å². The van der Waals surface area contributed by atoms with Gasteiger partial charge in [-0.05, 0) is 55.8 Å². The number of ketones is 1. The van der Waals surface area contributed by atoms with Gasteiger partial charge >= 0.3 is 17.9 Å². The number of carboxylic acid groups (broad SMARTS) is 2. The normalized spacial score (nSPS) is 12.5. The second kappa shape index (κ2) is 14.3. The Morgan fingerprint density at radius 2 is 1.78 bits per heavy atom. The van der Waals surface area contributed by atoms with E-state index in [4.69, 9.17) is 21.0 Å². The first kappa shape index (κ1) is 31.1. The third kappa shape index (κ3) is 9.05. The molecule has 1 aromatic heterocycles. The minimum Gasteiger partial charge on any atom is -0.481 e. The predicted molar refractivity (Wildman–Crippen MR) is 150 cm³/mol. The van der Waals surface area contributed by atoms with Gasteiger partial charge in [0.15, 0.2) is 17.3 Å². The van der Waals surface area contributed by atoms with Crippen LogP contribution in [-0.2, 0) is 27.3 Å². The van der Waals surface area contributed by atoms with E-state index >= 15 is 0 Å². The van der Waals surface area contributed by atoms with Crippen LogP contribution in [0.5, 0.6) is 5.75 Å². The lowest BCUT2D eigenvalue weighted by Crippen LogP contribution is -2.41. The van der Waals surface area contributed by atoms with Crippen molar-refractivity contribution >= 4 is 40.9 Å². The van der Waals surface area contributed by atoms with Crippen LogP contribution < -0.4 is 10.5 Å². The number of amidine groups is 1. The summed E-state index contributed by atoms with van der Waals surface area (Å²) in [6.45, 7) is 0.246. The molecular weight excluding hydrogens is 553 g/mol. The molecule has 1 heterocycles. The molecule has 0 bridgehead atoms. The Morgan fingerprint density at radius 1 is 1.07 bits per heavy atom. The zero-order valence-electron chi connectivity index (χ0n) is 22.2. The SMILES string of the molecule is CN(Cc1ccc(C(=O)Oc2ccc(C(=N)N)cc2F)s1)[C@@H](Cc1ccccc1)C(=O)C[C@@H](CCC(=O)O)C(=O)O. The van der Waals surface area contributed by atoms with Crippen LogP contribution in [-0.4, -0.2) is 57.7 Å². The minimum atomic E-state index is -1.23. The smallest absolute Gasteiger partial charge is 0.353 e. The van der Waals surface area contributed by atoms with Gasteiger partial charge in [-0.15, -0.1) is 11.3 Å². The highest BCUT2D eigenvalue weighted by molar-refractivity contribution is 7.13. The molecule has 3 rings (SSSR count). The van der Waals surface area contributed by atoms with Crippen LogP contribution in [0.4, 0.5) is 4.39 Å². The van der Waals surface area contributed by atoms with Gasteiger partial charge in [0.05, 0.1) is 12.0 Å². The Hall–Kier alpha value is -4.42. The highest BCUT2D eigenvalue weighted by atomic mass is 32.1. The lowest BCUT2D eigenvalue weighted by atomic mass is 9.91. The number of Topliss-reactive ketones (excluding diaryl/α,β-unsaturated/α-hetero) is 1. The number of aliphatic carboxylic acids is 2. The van der Waals surface area contributed by atoms with Crippen LogP contribution in [0.25, 0.3) is 0 Å². The van der Waals surface area contributed by atoms with Crippen LogP contribution in [0.15, 0.2) is 60.7 Å². The van der Waals surface area contributed by atoms with Gasteiger partial charge in [-0.3, -0.25) is 24.7 Å². The molecule has 0 amide bonds. The molecule has 0 aliphatic rings. The highest BCUT2D eigenvalue weighted by Gasteiger charge is 2.30. The van der Waals surface area contributed by atoms with E-state index in [-0.39, 0.29) is 53.6 Å². The van der Waals surface area contributed by atoms with Crippen molar-refractivity contribution < 1.29 is 38.5 Å². The maximum absolute atomic E-state index is 14.3. The second-order valence-corrected chi connectivity index (χ2v) is 10.6. The van der Waals surface area contributed by atoms with Gasteiger partial charge in [-0.1, -0.05) is 30.3 Å². The van der Waals surface area contributed by atoms with Crippen LogP contribution in [0.2, 0.25) is 0 Å². The van der Waals surface area contributed by atoms with Crippen molar-refractivity contribution in [1.82, 2.24) is 4.90 Å². The number of hydrogen-bond donors (Lipinski definition) is 4. The van der Waals surface area contributed by atoms with Crippen molar-refractivity contribution in [3.8, 4) is 5.75 Å². The minimum absolute atomic E-state index is 0.153. The van der Waals surface area contributed by atoms with Gasteiger partial charge in [0.2, 0.25) is 0 Å². The zero-order valence-corrected chi connectivity index (χ0v) is 23.0. The Balaban J connectivity index is 1.73. The number of carbonyl (C=O) groups is 4. The zero-order chi connectivity index (χ0) is 30.1. The Morgan fingerprint density at radius 3 is 2.39 bits per heavy atom. The van der Waals surface area contributed by atoms with Crippen molar-refractivity contribution in [3.05, 3.63) is 87.4 Å². The van der Waals surface area contributed by atoms with E-state index in [1.165, 1.54) is 18.2 Å². The van der Waals surface area contributed by atoms with Gasteiger partial charge in [0.1, 0.15) is 10.7 Å². The number of esters is 1. The molecule has 5 N–H and O–H groups in total. The average Bonchev–Trinajstić information content (AvgIpc) is 3.39. The molecule has 2 aromatic carbocycles. The molecule has 0 aliphatic heterocycles. The van der Waals surface area contributed by atoms with Crippen molar-refractivity contribution in [2.24, 2.45) is 11.7 Å². The number of carbonyl (C=O) groups excluding carboxylic acids is 2. The van der Waals surface area contributed by atoms with Crippen LogP contribution in [0.3, 0.4) is 0 Å². The molecular formula is C29H30FN3O7S. The number of nitrogens with zero attached hydrogens (tertiary/aromatic N) is 1. The summed E-state index contributed by atoms with van der Waals surface area (Å²) in [5.74, 6) is -6.08. The molecule has 0 aliphatic carbocycles. The van der Waals surface area contributed by atoms with Crippen molar-refractivity contribution in [2.45, 2.75) is 38.3 Å². The molecule has 3 aromatic rings. The van der Waals surface area contributed by atoms with Crippen molar-refractivity contribution in [3.63, 3.8) is 0 Å². The number of nitrogens with two attached hydrogens (primary N) is 1. The van der Waals surface area contributed by atoms with Crippen LogP contribution in [0.1, 0.15) is 44.9 Å². The van der Waals surface area contributed by atoms with E-state index in [0.717, 1.165) is 23.0 Å². The van der Waals surface area contributed by atoms with Crippen molar-refractivity contribution in [2.75, 3.05) is 7.05 Å². The number of likely N-dealkylation sites (N-methyl/N-ethyl adjacent to an activating group) is 1. The predicted octanol–water partition coefficient (Wildman–Crippen LogP) is 3.96. The van der Waals surface area contributed by atoms with Gasteiger partial charge in [-0.2, -0.15) is 0 Å². The van der Waals surface area contributed by atoms with E-state index in [1.54, 1.807) is 18.0 Å². The van der Waals surface area contributed by atoms with Crippen molar-refractivity contribution in [1.29, 1.82) is 5.41 Å². The maximum Gasteiger partial charge on any atom is 0.353 e. The molecule has 0 spiro atoms. The first-order chi connectivity index (χ1) is 19.4. The standard InChI is InChI=1S/C29H30FN3O7S/c1-33(16-20-9-11-25(41-20)29(39)40-24-10-7-18(27(31)32)14-21(24)30)22(13-17-5-3-2-4-6-17)23(34)15-19(28(37)38)8-12-26(35)36/h2-7,9-11,14,19,22H,8,12-13,15-16H2,1H3,(H3,31,32)(H,35,36)(H,37,38)/t19-,22+/m1/s1. The number of thiophene rings is 1. The van der Waals surface area contributed by atoms with Gasteiger partial charge in [-0.25, -0.2) is 9.18 Å². The van der Waals surface area contributed by atoms with Gasteiger partial charge < -0.3 is 20.7 Å². The first-order valence-corrected chi connectivity index (χ1v) is 13.4. The number of hydrogen-bond acceptors (Lipinski definition) is 8. The average molecular weight is 584 g/mol. The van der Waals surface area contributed by atoms with Gasteiger partial charge in [0, 0.05) is 29.8 Å². The molecule has 2 atom stereocenters. The maximum atomic E-state index is 14.3. The molecule has 216 valence electrons. The third-order valence-corrected chi connectivity index (χ3v) is 7.44. The lowest BCUT2D eigenvalue weighted by Gasteiger charge is -2.28. The summed E-state index contributed by atoms with van der Waals surface area (Å²) in [7, 11) is 1.71. The second-order valence-electron chi connectivity index (χ2n) is 9.47. The quantitative estimate of drug-likeness (QED) is 0.0894. The number of halogens is 1. The summed E-state index contributed by atoms with van der Waals surface area (Å²) in [6.07, 6.45) is -0.535. The third-order valence-electron chi connectivity index (χ3n) is 6.39. The molecule has 10 nitrogen and oxygen atoms in total. The number of ether oxygens (including phenoxy) is 1. The van der Waals surface area contributed by atoms with E-state index in [2.05, 4.69) is 0 Å². The highest BCUT2D eigenvalue weighted by Crippen LogP contribution is 2.25. The summed E-state index contributed by atoms with van der Waals surface area (Å²) in [5.41, 5.74) is 6.37. The molecule has 41 heavy (non-hydrogen) atoms. The molecule has 0 saturated heterocycles. The molecule has 0 fully saturated rings. The molecule has 0 saturated carbocycles. The van der Waals surface area contributed by atoms with E-state index in [0.29, 0.717) is 11.3 Å². The van der Waals surface area contributed by atoms with Crippen LogP contribution in [0, 0.1) is 17.1 Å². The number of nitrogen functional groups attached to an aromatic ring is 1. The Bertz CT molecular complexity index is 1430. The van der Waals surface area contributed by atoms with Gasteiger partial charge in [0.25, 0.3) is 0 Å². The summed E-state index contributed by atoms with van der Waals surface area (Å²) < 4.78 is 19.5. The number of carboxylic acids is 2. The number of benzene rings is 2. The summed E-state index contributed by atoms with van der Waals surface area (Å²) in [6, 6.07) is 15.3. The van der Waals surface area contributed by atoms with E-state index < -0.39 is 35.7 Å². The van der Waals surface area contributed by atoms with E-state index in [9.17, 15) is 28.7 Å². The fourth-order valence-electron chi connectivity index (χ4n) is 4.17. The van der Waals surface area contributed by atoms with E-state index in [1.807, 2.05) is 30.3 Å². The molecule has 0 radical (unpaired) electrons. The number of nitrogens with one attached hydrogen (secondary N) is 1. The first-order valence-electron chi connectivity index (χ1n) is 12.6. The Kier molecular flexibility index (Phi) is 10.8. The topological polar surface area (TPSA) is 171 Å². The number of rotatable bonds is 15. The summed E-state index contributed by atoms with van der Waals surface area (Å²) in [4.78, 5) is 51.4. The lowest BCUT2D eigenvalue weighted by molar-refractivity contribution is -0.145. The molecule has 12 heteroatoms. The Labute approximate surface area is 239 Å². The summed E-state index contributed by atoms with van der Waals surface area (Å²) >= 11 is 1.10. The fourth-order valence-corrected chi connectivity index (χ4v) is 5.12. The largest absolute Gasteiger partial charge is 0.481 e. The molecule has 0 unspecified atom stereocenters. The summed E-state index contributed by atoms with van der Waals surface area (Å²) in [5, 5.41) is 25.9. The fraction of sp³-hybridized carbons (Fsp3) is 0.276.